The molecule has 3 nitrogen and oxygen atoms in total. The van der Waals surface area contributed by atoms with Crippen LogP contribution in [0, 0.1) is 0 Å². The maximum absolute atomic E-state index is 10.5. The highest BCUT2D eigenvalue weighted by Crippen LogP contribution is 2.36. The van der Waals surface area contributed by atoms with E-state index in [4.69, 9.17) is 23.2 Å². The molecular formula is C10H5Cl2NO2S. The number of halogens is 2. The van der Waals surface area contributed by atoms with Gasteiger partial charge >= 0.3 is 0 Å². The van der Waals surface area contributed by atoms with E-state index >= 15 is 0 Å². The lowest BCUT2D eigenvalue weighted by Crippen LogP contribution is -1.82. The monoisotopic (exact) mass is 273 g/mol. The van der Waals surface area contributed by atoms with E-state index in [2.05, 4.69) is 4.98 Å². The van der Waals surface area contributed by atoms with Gasteiger partial charge in [-0.1, -0.05) is 23.2 Å². The zero-order valence-corrected chi connectivity index (χ0v) is 10.1. The number of carbonyl (C=O) groups is 1. The minimum atomic E-state index is -0.155. The van der Waals surface area contributed by atoms with E-state index in [0.717, 1.165) is 0 Å². The van der Waals surface area contributed by atoms with Gasteiger partial charge < -0.3 is 5.11 Å². The number of aromatic hydroxyl groups is 1. The highest BCUT2D eigenvalue weighted by atomic mass is 35.5. The maximum Gasteiger partial charge on any atom is 0.178 e. The molecule has 1 aromatic heterocycles. The van der Waals surface area contributed by atoms with Crippen molar-refractivity contribution < 1.29 is 9.90 Å². The summed E-state index contributed by atoms with van der Waals surface area (Å²) in [7, 11) is 0. The average Bonchev–Trinajstić information content (AvgIpc) is 2.73. The molecule has 16 heavy (non-hydrogen) atoms. The van der Waals surface area contributed by atoms with Crippen molar-refractivity contribution in [1.29, 1.82) is 0 Å². The number of phenols is 1. The maximum atomic E-state index is 10.5. The highest BCUT2D eigenvalue weighted by Gasteiger charge is 2.10. The number of hydrogen-bond acceptors (Lipinski definition) is 4. The SMILES string of the molecule is O=Cc1nc(-c2cc(Cl)c(O)c(Cl)c2)cs1. The number of hydrogen-bond donors (Lipinski definition) is 1. The minimum absolute atomic E-state index is 0.155. The Hall–Kier alpha value is -1.10. The van der Waals surface area contributed by atoms with E-state index in [0.29, 0.717) is 22.6 Å². The molecule has 0 radical (unpaired) electrons. The van der Waals surface area contributed by atoms with Gasteiger partial charge in [0.1, 0.15) is 0 Å². The van der Waals surface area contributed by atoms with Crippen LogP contribution < -0.4 is 0 Å². The topological polar surface area (TPSA) is 50.2 Å². The smallest absolute Gasteiger partial charge is 0.178 e. The van der Waals surface area contributed by atoms with E-state index < -0.39 is 0 Å². The largest absolute Gasteiger partial charge is 0.505 e. The number of aromatic nitrogens is 1. The lowest BCUT2D eigenvalue weighted by Gasteiger charge is -2.02. The van der Waals surface area contributed by atoms with Crippen molar-refractivity contribution in [1.82, 2.24) is 4.98 Å². The molecule has 0 fully saturated rings. The fraction of sp³-hybridized carbons (Fsp3) is 0. The molecule has 1 heterocycles. The summed E-state index contributed by atoms with van der Waals surface area (Å²) in [6.07, 6.45) is 0.678. The van der Waals surface area contributed by atoms with Gasteiger partial charge in [0.15, 0.2) is 17.0 Å². The molecule has 0 aliphatic heterocycles. The number of aldehydes is 1. The van der Waals surface area contributed by atoms with Crippen LogP contribution in [0.15, 0.2) is 17.5 Å². The molecule has 0 atom stereocenters. The van der Waals surface area contributed by atoms with Crippen LogP contribution in [0.3, 0.4) is 0 Å². The summed E-state index contributed by atoms with van der Waals surface area (Å²) in [5, 5.41) is 11.8. The molecule has 0 aliphatic carbocycles. The van der Waals surface area contributed by atoms with Crippen LogP contribution in [0.5, 0.6) is 5.75 Å². The summed E-state index contributed by atoms with van der Waals surface area (Å²) in [4.78, 5) is 14.6. The Bertz CT molecular complexity index is 530. The van der Waals surface area contributed by atoms with Crippen LogP contribution >= 0.6 is 34.5 Å². The van der Waals surface area contributed by atoms with Gasteiger partial charge in [-0.05, 0) is 12.1 Å². The van der Waals surface area contributed by atoms with Gasteiger partial charge in [0.25, 0.3) is 0 Å². The van der Waals surface area contributed by atoms with Crippen molar-refractivity contribution in [2.45, 2.75) is 0 Å². The first-order chi connectivity index (χ1) is 7.61. The summed E-state index contributed by atoms with van der Waals surface area (Å²) in [5.74, 6) is -0.155. The summed E-state index contributed by atoms with van der Waals surface area (Å²) in [5.41, 5.74) is 1.27. The number of thiazole rings is 1. The second-order valence-electron chi connectivity index (χ2n) is 2.98. The second-order valence-corrected chi connectivity index (χ2v) is 4.68. The van der Waals surface area contributed by atoms with E-state index in [1.165, 1.54) is 11.3 Å². The first kappa shape index (κ1) is 11.4. The third kappa shape index (κ3) is 2.04. The van der Waals surface area contributed by atoms with Gasteiger partial charge in [-0.25, -0.2) is 4.98 Å². The Kier molecular flexibility index (Phi) is 3.14. The molecule has 0 amide bonds. The molecule has 0 unspecified atom stereocenters. The predicted octanol–water partition coefficient (Wildman–Crippen LogP) is 3.63. The third-order valence-electron chi connectivity index (χ3n) is 1.94. The normalized spacial score (nSPS) is 10.4. The highest BCUT2D eigenvalue weighted by molar-refractivity contribution is 7.11. The number of nitrogens with zero attached hydrogens (tertiary/aromatic N) is 1. The van der Waals surface area contributed by atoms with Crippen molar-refractivity contribution in [2.24, 2.45) is 0 Å². The molecule has 0 bridgehead atoms. The molecule has 2 aromatic rings. The van der Waals surface area contributed by atoms with Crippen LogP contribution in [0.1, 0.15) is 9.80 Å². The third-order valence-corrected chi connectivity index (χ3v) is 3.28. The van der Waals surface area contributed by atoms with Gasteiger partial charge in [-0.3, -0.25) is 4.79 Å². The summed E-state index contributed by atoms with van der Waals surface area (Å²) in [6.45, 7) is 0. The van der Waals surface area contributed by atoms with E-state index in [-0.39, 0.29) is 15.8 Å². The van der Waals surface area contributed by atoms with Gasteiger partial charge in [-0.15, -0.1) is 11.3 Å². The number of phenolic OH excluding ortho intramolecular Hbond substituents is 1. The summed E-state index contributed by atoms with van der Waals surface area (Å²) >= 11 is 12.8. The average molecular weight is 274 g/mol. The van der Waals surface area contributed by atoms with Gasteiger partial charge in [0.05, 0.1) is 15.7 Å². The number of benzene rings is 1. The van der Waals surface area contributed by atoms with Crippen molar-refractivity contribution in [3.05, 3.63) is 32.6 Å². The summed E-state index contributed by atoms with van der Waals surface area (Å²) in [6, 6.07) is 3.10. The zero-order valence-electron chi connectivity index (χ0n) is 7.78. The Morgan fingerprint density at radius 2 is 1.94 bits per heavy atom. The quantitative estimate of drug-likeness (QED) is 0.850. The minimum Gasteiger partial charge on any atom is -0.505 e. The van der Waals surface area contributed by atoms with Gasteiger partial charge in [-0.2, -0.15) is 0 Å². The van der Waals surface area contributed by atoms with Crippen LogP contribution in [0.25, 0.3) is 11.3 Å². The van der Waals surface area contributed by atoms with Crippen molar-refractivity contribution >= 4 is 40.8 Å². The fourth-order valence-electron chi connectivity index (χ4n) is 1.19. The molecule has 0 aliphatic rings. The molecule has 0 spiro atoms. The lowest BCUT2D eigenvalue weighted by atomic mass is 10.1. The lowest BCUT2D eigenvalue weighted by molar-refractivity contribution is 0.112. The second kappa shape index (κ2) is 4.41. The fourth-order valence-corrected chi connectivity index (χ4v) is 2.30. The first-order valence-electron chi connectivity index (χ1n) is 4.21. The van der Waals surface area contributed by atoms with Crippen LogP contribution in [0.2, 0.25) is 10.0 Å². The first-order valence-corrected chi connectivity index (χ1v) is 5.84. The van der Waals surface area contributed by atoms with Gasteiger partial charge in [0, 0.05) is 10.9 Å². The molecule has 1 N–H and O–H groups in total. The predicted molar refractivity (Wildman–Crippen MR) is 64.6 cm³/mol. The van der Waals surface area contributed by atoms with Crippen LogP contribution in [-0.2, 0) is 0 Å². The van der Waals surface area contributed by atoms with Gasteiger partial charge in [0.2, 0.25) is 0 Å². The Morgan fingerprint density at radius 1 is 1.31 bits per heavy atom. The van der Waals surface area contributed by atoms with E-state index in [1.807, 2.05) is 0 Å². The number of rotatable bonds is 2. The van der Waals surface area contributed by atoms with Crippen molar-refractivity contribution in [3.63, 3.8) is 0 Å². The molecule has 2 rings (SSSR count). The molecular weight excluding hydrogens is 269 g/mol. The Labute approximate surface area is 105 Å². The zero-order chi connectivity index (χ0) is 11.7. The van der Waals surface area contributed by atoms with E-state index in [9.17, 15) is 9.90 Å². The Morgan fingerprint density at radius 3 is 2.44 bits per heavy atom. The molecule has 1 aromatic carbocycles. The standard InChI is InChI=1S/C10H5Cl2NO2S/c11-6-1-5(2-7(12)10(6)15)8-4-16-9(3-14)13-8/h1-4,15H. The number of carbonyl (C=O) groups excluding carboxylic acids is 1. The molecule has 0 saturated heterocycles. The molecule has 0 saturated carbocycles. The Balaban J connectivity index is 2.52. The molecule has 6 heteroatoms. The van der Waals surface area contributed by atoms with E-state index in [1.54, 1.807) is 17.5 Å². The summed E-state index contributed by atoms with van der Waals surface area (Å²) < 4.78 is 0. The van der Waals surface area contributed by atoms with Crippen LogP contribution in [0.4, 0.5) is 0 Å². The van der Waals surface area contributed by atoms with Crippen molar-refractivity contribution in [3.8, 4) is 17.0 Å². The molecule has 82 valence electrons. The van der Waals surface area contributed by atoms with Crippen molar-refractivity contribution in [2.75, 3.05) is 0 Å². The van der Waals surface area contributed by atoms with Crippen LogP contribution in [-0.4, -0.2) is 16.4 Å².